The standard InChI is InChI=1S/C50H40N2S2/c1-5-13-41-31(9-1)17-18-32-10-2-6-14-42(32)51(41)35-21-23-39-47(29-35)53-45-27-25-38-37(49(39)45)26-28-46-50(38)40-24-22-36(30-48(40)54-46)52-43-15-7-3-11-33(43)19-20-34-12-4-8-16-44(34)52/h1-7,9-15,22,24-30,33,43H,8,16-21,23H2. The third kappa shape index (κ3) is 4.69. The lowest BCUT2D eigenvalue weighted by atomic mass is 9.90. The fourth-order valence-corrected chi connectivity index (χ4v) is 12.7. The first kappa shape index (κ1) is 31.2. The Bertz CT molecular complexity index is 2830. The molecule has 0 saturated carbocycles. The first-order valence-electron chi connectivity index (χ1n) is 19.8. The van der Waals surface area contributed by atoms with Crippen LogP contribution in [0.15, 0.2) is 144 Å². The number of para-hydroxylation sites is 2. The fraction of sp³-hybridized carbons (Fsp3) is 0.200. The van der Waals surface area contributed by atoms with E-state index >= 15 is 0 Å². The van der Waals surface area contributed by atoms with Crippen molar-refractivity contribution in [3.8, 4) is 0 Å². The minimum Gasteiger partial charge on any atom is -0.337 e. The number of hydrogen-bond donors (Lipinski definition) is 0. The van der Waals surface area contributed by atoms with Gasteiger partial charge < -0.3 is 9.80 Å². The maximum absolute atomic E-state index is 2.70. The zero-order valence-electron chi connectivity index (χ0n) is 30.2. The molecule has 2 nitrogen and oxygen atoms in total. The highest BCUT2D eigenvalue weighted by Gasteiger charge is 2.33. The summed E-state index contributed by atoms with van der Waals surface area (Å²) in [5.41, 5.74) is 12.9. The predicted molar refractivity (Wildman–Crippen MR) is 234 cm³/mol. The number of thiophene rings is 2. The topological polar surface area (TPSA) is 6.48 Å². The molecule has 0 saturated heterocycles. The van der Waals surface area contributed by atoms with Crippen LogP contribution in [0.25, 0.3) is 47.1 Å². The molecule has 2 unspecified atom stereocenters. The molecule has 2 aliphatic heterocycles. The first-order chi connectivity index (χ1) is 26.8. The van der Waals surface area contributed by atoms with Crippen molar-refractivity contribution in [2.24, 2.45) is 5.92 Å². The molecule has 5 aromatic carbocycles. The lowest BCUT2D eigenvalue weighted by molar-refractivity contribution is 0.527. The Morgan fingerprint density at radius 1 is 0.611 bits per heavy atom. The maximum Gasteiger partial charge on any atom is 0.0585 e. The van der Waals surface area contributed by atoms with E-state index < -0.39 is 0 Å². The number of fused-ring (bicyclic) bond motifs is 12. The zero-order valence-corrected chi connectivity index (χ0v) is 31.9. The van der Waals surface area contributed by atoms with E-state index in [9.17, 15) is 0 Å². The summed E-state index contributed by atoms with van der Waals surface area (Å²) in [5, 5.41) is 7.07. The van der Waals surface area contributed by atoms with Gasteiger partial charge in [-0.3, -0.25) is 0 Å². The molecule has 0 bridgehead atoms. The van der Waals surface area contributed by atoms with Gasteiger partial charge in [0.2, 0.25) is 0 Å². The van der Waals surface area contributed by atoms with Crippen molar-refractivity contribution in [3.05, 3.63) is 166 Å². The van der Waals surface area contributed by atoms with Crippen molar-refractivity contribution in [2.75, 3.05) is 9.80 Å². The molecule has 0 amide bonds. The molecule has 54 heavy (non-hydrogen) atoms. The fourth-order valence-electron chi connectivity index (χ4n) is 10.3. The number of allylic oxidation sites excluding steroid dienone is 7. The van der Waals surface area contributed by atoms with Crippen molar-refractivity contribution in [2.45, 2.75) is 57.4 Å². The van der Waals surface area contributed by atoms with Gasteiger partial charge in [-0.25, -0.2) is 0 Å². The molecule has 4 heteroatoms. The molecule has 4 heterocycles. The Morgan fingerprint density at radius 3 is 2.19 bits per heavy atom. The van der Waals surface area contributed by atoms with E-state index in [1.165, 1.54) is 103 Å². The van der Waals surface area contributed by atoms with Crippen LogP contribution in [0.4, 0.5) is 17.1 Å². The van der Waals surface area contributed by atoms with Crippen LogP contribution in [-0.2, 0) is 19.3 Å². The molecule has 0 spiro atoms. The van der Waals surface area contributed by atoms with Crippen molar-refractivity contribution in [1.29, 1.82) is 0 Å². The van der Waals surface area contributed by atoms with E-state index in [4.69, 9.17) is 0 Å². The second-order valence-electron chi connectivity index (χ2n) is 15.7. The summed E-state index contributed by atoms with van der Waals surface area (Å²) >= 11 is 3.93. The van der Waals surface area contributed by atoms with Crippen LogP contribution in [0.1, 0.15) is 53.7 Å². The molecule has 12 rings (SSSR count). The van der Waals surface area contributed by atoms with Crippen LogP contribution in [0.2, 0.25) is 0 Å². The molecule has 2 aromatic heterocycles. The monoisotopic (exact) mass is 732 g/mol. The van der Waals surface area contributed by atoms with Crippen molar-refractivity contribution in [3.63, 3.8) is 0 Å². The summed E-state index contributed by atoms with van der Waals surface area (Å²) in [6.45, 7) is 0. The summed E-state index contributed by atoms with van der Waals surface area (Å²) in [7, 11) is 0. The normalized spacial score (nSPS) is 20.5. The average molecular weight is 733 g/mol. The van der Waals surface area contributed by atoms with Gasteiger partial charge in [-0.2, -0.15) is 0 Å². The minimum absolute atomic E-state index is 0.373. The average Bonchev–Trinajstić information content (AvgIpc) is 3.67. The van der Waals surface area contributed by atoms with Gasteiger partial charge in [0.1, 0.15) is 0 Å². The van der Waals surface area contributed by atoms with Crippen LogP contribution in [0.5, 0.6) is 0 Å². The molecule has 3 aliphatic carbocycles. The molecule has 0 fully saturated rings. The van der Waals surface area contributed by atoms with E-state index in [2.05, 4.69) is 143 Å². The molecule has 7 aromatic rings. The van der Waals surface area contributed by atoms with Crippen molar-refractivity contribution in [1.82, 2.24) is 0 Å². The molecular weight excluding hydrogens is 693 g/mol. The first-order valence-corrected chi connectivity index (χ1v) is 21.4. The van der Waals surface area contributed by atoms with Crippen LogP contribution >= 0.6 is 22.7 Å². The Labute approximate surface area is 324 Å². The van der Waals surface area contributed by atoms with Crippen LogP contribution in [-0.4, -0.2) is 6.04 Å². The maximum atomic E-state index is 2.70. The minimum atomic E-state index is 0.373. The van der Waals surface area contributed by atoms with E-state index in [0.29, 0.717) is 12.0 Å². The molecule has 0 radical (unpaired) electrons. The number of anilines is 3. The van der Waals surface area contributed by atoms with Crippen LogP contribution in [0, 0.1) is 5.92 Å². The van der Waals surface area contributed by atoms with Crippen LogP contribution < -0.4 is 9.80 Å². The Balaban J connectivity index is 0.984. The molecule has 262 valence electrons. The number of rotatable bonds is 2. The quantitative estimate of drug-likeness (QED) is 0.175. The number of hydrogen-bond acceptors (Lipinski definition) is 4. The highest BCUT2D eigenvalue weighted by Crippen LogP contribution is 2.49. The number of nitrogens with zero attached hydrogens (tertiary/aromatic N) is 2. The second-order valence-corrected chi connectivity index (χ2v) is 17.8. The van der Waals surface area contributed by atoms with Gasteiger partial charge in [0.15, 0.2) is 0 Å². The summed E-state index contributed by atoms with van der Waals surface area (Å²) < 4.78 is 4.17. The van der Waals surface area contributed by atoms with Crippen molar-refractivity contribution >= 4 is 86.8 Å². The van der Waals surface area contributed by atoms with E-state index in [1.807, 2.05) is 22.7 Å². The Hall–Kier alpha value is -5.16. The van der Waals surface area contributed by atoms with Gasteiger partial charge in [-0.15, -0.1) is 22.7 Å². The third-order valence-electron chi connectivity index (χ3n) is 12.8. The van der Waals surface area contributed by atoms with E-state index in [1.54, 1.807) is 0 Å². The zero-order chi connectivity index (χ0) is 35.3. The van der Waals surface area contributed by atoms with Gasteiger partial charge in [0.25, 0.3) is 0 Å². The molecule has 2 atom stereocenters. The summed E-state index contributed by atoms with van der Waals surface area (Å²) in [6, 6.07) is 35.5. The van der Waals surface area contributed by atoms with E-state index in [0.717, 1.165) is 44.9 Å². The predicted octanol–water partition coefficient (Wildman–Crippen LogP) is 14.0. The highest BCUT2D eigenvalue weighted by atomic mass is 32.1. The van der Waals surface area contributed by atoms with Gasteiger partial charge in [0.05, 0.1) is 6.04 Å². The Kier molecular flexibility index (Phi) is 7.04. The summed E-state index contributed by atoms with van der Waals surface area (Å²) in [4.78, 5) is 6.70. The smallest absolute Gasteiger partial charge is 0.0585 e. The van der Waals surface area contributed by atoms with Gasteiger partial charge in [-0.1, -0.05) is 91.1 Å². The third-order valence-corrected chi connectivity index (χ3v) is 15.1. The van der Waals surface area contributed by atoms with Gasteiger partial charge >= 0.3 is 0 Å². The van der Waals surface area contributed by atoms with Crippen LogP contribution in [0.3, 0.4) is 0 Å². The number of aryl methyl sites for hydroxylation is 3. The van der Waals surface area contributed by atoms with Crippen molar-refractivity contribution < 1.29 is 0 Å². The largest absolute Gasteiger partial charge is 0.337 e. The highest BCUT2D eigenvalue weighted by molar-refractivity contribution is 7.26. The molecular formula is C50H40N2S2. The summed E-state index contributed by atoms with van der Waals surface area (Å²) in [5.74, 6) is 0.539. The SMILES string of the molecule is C1=CC2CCC3=C(CCC=C3)N(c3ccc4c(c3)sc3ccc5c(ccc6sc7c(c65)CCC(N5c6ccccc6CCc6ccccc65)=C7)c34)C2C=C1. The lowest BCUT2D eigenvalue weighted by Gasteiger charge is -2.38. The molecule has 0 N–H and O–H groups in total. The number of benzene rings is 5. The van der Waals surface area contributed by atoms with Gasteiger partial charge in [-0.05, 0) is 127 Å². The van der Waals surface area contributed by atoms with E-state index in [-0.39, 0.29) is 0 Å². The second kappa shape index (κ2) is 12.2. The Morgan fingerprint density at radius 2 is 1.35 bits per heavy atom. The lowest BCUT2D eigenvalue weighted by Crippen LogP contribution is -2.38. The summed E-state index contributed by atoms with van der Waals surface area (Å²) in [6.07, 6.45) is 25.6. The van der Waals surface area contributed by atoms with Gasteiger partial charge in [0, 0.05) is 69.5 Å². The molecule has 5 aliphatic rings.